The largest absolute Gasteiger partial charge is 0.469 e. The number of carbonyl (C=O) groups is 2. The van der Waals surface area contributed by atoms with Gasteiger partial charge in [-0.15, -0.1) is 0 Å². The number of esters is 1. The zero-order valence-corrected chi connectivity index (χ0v) is 13.5. The minimum atomic E-state index is -0.937. The number of carbonyl (C=O) groups excluding carboxylic acids is 2. The van der Waals surface area contributed by atoms with Crippen LogP contribution in [0.2, 0.25) is 0 Å². The summed E-state index contributed by atoms with van der Waals surface area (Å²) in [5.74, 6) is -0.568. The van der Waals surface area contributed by atoms with Crippen LogP contribution in [0.25, 0.3) is 0 Å². The van der Waals surface area contributed by atoms with E-state index < -0.39 is 16.9 Å². The second-order valence-electron chi connectivity index (χ2n) is 5.80. The molecule has 1 unspecified atom stereocenters. The van der Waals surface area contributed by atoms with Crippen molar-refractivity contribution in [1.82, 2.24) is 5.32 Å². The Labute approximate surface area is 131 Å². The number of fused-ring (bicyclic) bond motifs is 2. The summed E-state index contributed by atoms with van der Waals surface area (Å²) in [4.78, 5) is 24.4. The number of rotatable bonds is 2. The van der Waals surface area contributed by atoms with E-state index in [2.05, 4.69) is 21.2 Å². The third kappa shape index (κ3) is 2.08. The highest BCUT2D eigenvalue weighted by atomic mass is 79.9. The first kappa shape index (κ1) is 14.5. The van der Waals surface area contributed by atoms with Crippen LogP contribution < -0.4 is 5.32 Å². The van der Waals surface area contributed by atoms with E-state index in [0.29, 0.717) is 13.2 Å². The van der Waals surface area contributed by atoms with Crippen LogP contribution in [0.3, 0.4) is 0 Å². The lowest BCUT2D eigenvalue weighted by Gasteiger charge is -2.50. The Kier molecular flexibility index (Phi) is 3.33. The van der Waals surface area contributed by atoms with Crippen molar-refractivity contribution < 1.29 is 19.1 Å². The first-order valence-corrected chi connectivity index (χ1v) is 7.48. The Morgan fingerprint density at radius 2 is 2.14 bits per heavy atom. The van der Waals surface area contributed by atoms with Gasteiger partial charge in [0.25, 0.3) is 0 Å². The number of amides is 1. The van der Waals surface area contributed by atoms with Crippen molar-refractivity contribution in [2.24, 2.45) is 0 Å². The van der Waals surface area contributed by atoms with E-state index in [1.165, 1.54) is 7.11 Å². The standard InChI is InChI=1S/C15H16BrNO4/c1-14(6-12(18)20-2)11-5-9(16)3-4-10(11)15(7-21-8-15)17-13(14)19/h3-5H,6-8H2,1-2H3,(H,17,19). The van der Waals surface area contributed by atoms with Crippen LogP contribution in [0, 0.1) is 0 Å². The maximum absolute atomic E-state index is 12.7. The fourth-order valence-corrected chi connectivity index (χ4v) is 3.37. The van der Waals surface area contributed by atoms with Gasteiger partial charge < -0.3 is 14.8 Å². The minimum absolute atomic E-state index is 0.00965. The van der Waals surface area contributed by atoms with Gasteiger partial charge in [-0.2, -0.15) is 0 Å². The molecule has 0 bridgehead atoms. The molecule has 1 amide bonds. The third-order valence-corrected chi connectivity index (χ3v) is 4.86. The van der Waals surface area contributed by atoms with Gasteiger partial charge >= 0.3 is 5.97 Å². The Balaban J connectivity index is 2.14. The smallest absolute Gasteiger partial charge is 0.306 e. The second kappa shape index (κ2) is 4.81. The molecule has 21 heavy (non-hydrogen) atoms. The lowest BCUT2D eigenvalue weighted by atomic mass is 9.68. The maximum atomic E-state index is 12.7. The molecular weight excluding hydrogens is 338 g/mol. The van der Waals surface area contributed by atoms with E-state index in [1.54, 1.807) is 6.92 Å². The second-order valence-corrected chi connectivity index (χ2v) is 6.72. The molecule has 2 heterocycles. The number of hydrogen-bond acceptors (Lipinski definition) is 4. The molecule has 1 saturated heterocycles. The molecule has 1 aromatic carbocycles. The fourth-order valence-electron chi connectivity index (χ4n) is 3.01. The monoisotopic (exact) mass is 353 g/mol. The summed E-state index contributed by atoms with van der Waals surface area (Å²) in [6.07, 6.45) is 0.00965. The molecule has 0 aliphatic carbocycles. The zero-order chi connectivity index (χ0) is 15.3. The van der Waals surface area contributed by atoms with Gasteiger partial charge in [0.2, 0.25) is 5.91 Å². The molecule has 2 aliphatic heterocycles. The lowest BCUT2D eigenvalue weighted by molar-refractivity contribution is -0.150. The molecule has 1 N–H and O–H groups in total. The van der Waals surface area contributed by atoms with Gasteiger partial charge in [0.1, 0.15) is 5.54 Å². The van der Waals surface area contributed by atoms with Crippen molar-refractivity contribution in [2.45, 2.75) is 24.3 Å². The van der Waals surface area contributed by atoms with Crippen LogP contribution >= 0.6 is 15.9 Å². The minimum Gasteiger partial charge on any atom is -0.469 e. The van der Waals surface area contributed by atoms with Gasteiger partial charge in [0, 0.05) is 4.47 Å². The highest BCUT2D eigenvalue weighted by molar-refractivity contribution is 9.10. The van der Waals surface area contributed by atoms with Crippen molar-refractivity contribution >= 4 is 27.8 Å². The number of benzene rings is 1. The van der Waals surface area contributed by atoms with Crippen molar-refractivity contribution in [3.8, 4) is 0 Å². The van der Waals surface area contributed by atoms with E-state index in [9.17, 15) is 9.59 Å². The maximum Gasteiger partial charge on any atom is 0.306 e. The molecule has 0 aromatic heterocycles. The molecule has 1 atom stereocenters. The van der Waals surface area contributed by atoms with E-state index in [1.807, 2.05) is 18.2 Å². The highest BCUT2D eigenvalue weighted by Crippen LogP contribution is 2.44. The van der Waals surface area contributed by atoms with E-state index in [-0.39, 0.29) is 12.3 Å². The molecule has 1 aromatic rings. The van der Waals surface area contributed by atoms with Gasteiger partial charge in [-0.3, -0.25) is 9.59 Å². The Morgan fingerprint density at radius 1 is 1.43 bits per heavy atom. The summed E-state index contributed by atoms with van der Waals surface area (Å²) in [5, 5.41) is 3.04. The Bertz CT molecular complexity index is 626. The van der Waals surface area contributed by atoms with E-state index in [4.69, 9.17) is 9.47 Å². The normalized spacial score (nSPS) is 25.8. The van der Waals surface area contributed by atoms with Gasteiger partial charge in [-0.25, -0.2) is 0 Å². The van der Waals surface area contributed by atoms with Crippen LogP contribution in [-0.4, -0.2) is 32.2 Å². The molecular formula is C15H16BrNO4. The molecule has 6 heteroatoms. The average molecular weight is 354 g/mol. The van der Waals surface area contributed by atoms with Crippen molar-refractivity contribution in [3.05, 3.63) is 33.8 Å². The topological polar surface area (TPSA) is 64.6 Å². The van der Waals surface area contributed by atoms with Crippen molar-refractivity contribution in [1.29, 1.82) is 0 Å². The van der Waals surface area contributed by atoms with Crippen LogP contribution in [0.1, 0.15) is 24.5 Å². The number of ether oxygens (including phenoxy) is 2. The lowest BCUT2D eigenvalue weighted by Crippen LogP contribution is -2.66. The summed E-state index contributed by atoms with van der Waals surface area (Å²) >= 11 is 3.44. The highest BCUT2D eigenvalue weighted by Gasteiger charge is 2.54. The zero-order valence-electron chi connectivity index (χ0n) is 11.9. The fraction of sp³-hybridized carbons (Fsp3) is 0.467. The first-order valence-electron chi connectivity index (χ1n) is 6.69. The molecule has 3 rings (SSSR count). The van der Waals surface area contributed by atoms with Gasteiger partial charge in [-0.05, 0) is 30.2 Å². The number of methoxy groups -OCH3 is 1. The summed E-state index contributed by atoms with van der Waals surface area (Å²) < 4.78 is 10.9. The molecule has 1 fully saturated rings. The quantitative estimate of drug-likeness (QED) is 0.820. The number of hydrogen-bond donors (Lipinski definition) is 1. The number of nitrogens with one attached hydrogen (secondary N) is 1. The predicted molar refractivity (Wildman–Crippen MR) is 78.8 cm³/mol. The molecule has 0 radical (unpaired) electrons. The van der Waals surface area contributed by atoms with Crippen LogP contribution in [0.4, 0.5) is 0 Å². The molecule has 112 valence electrons. The predicted octanol–water partition coefficient (Wildman–Crippen LogP) is 1.63. The summed E-state index contributed by atoms with van der Waals surface area (Å²) in [5.41, 5.74) is 0.479. The first-order chi connectivity index (χ1) is 9.91. The summed E-state index contributed by atoms with van der Waals surface area (Å²) in [6, 6.07) is 5.84. The van der Waals surface area contributed by atoms with Crippen LogP contribution in [0.5, 0.6) is 0 Å². The van der Waals surface area contributed by atoms with Gasteiger partial charge in [0.15, 0.2) is 0 Å². The number of halogens is 1. The Morgan fingerprint density at radius 3 is 2.71 bits per heavy atom. The molecule has 1 spiro atoms. The Hall–Kier alpha value is -1.40. The van der Waals surface area contributed by atoms with Crippen LogP contribution in [0.15, 0.2) is 22.7 Å². The molecule has 2 aliphatic rings. The van der Waals surface area contributed by atoms with Gasteiger partial charge in [0.05, 0.1) is 32.2 Å². The average Bonchev–Trinajstić information content (AvgIpc) is 2.41. The molecule has 5 nitrogen and oxygen atoms in total. The van der Waals surface area contributed by atoms with Crippen molar-refractivity contribution in [2.75, 3.05) is 20.3 Å². The van der Waals surface area contributed by atoms with E-state index in [0.717, 1.165) is 15.6 Å². The van der Waals surface area contributed by atoms with Crippen molar-refractivity contribution in [3.63, 3.8) is 0 Å². The summed E-state index contributed by atoms with van der Waals surface area (Å²) in [6.45, 7) is 2.69. The van der Waals surface area contributed by atoms with Crippen LogP contribution in [-0.2, 0) is 30.0 Å². The summed E-state index contributed by atoms with van der Waals surface area (Å²) in [7, 11) is 1.33. The third-order valence-electron chi connectivity index (χ3n) is 4.37. The SMILES string of the molecule is COC(=O)CC1(C)C(=O)NC2(COC2)c2ccc(Br)cc21. The molecule has 0 saturated carbocycles. The van der Waals surface area contributed by atoms with Gasteiger partial charge in [-0.1, -0.05) is 22.0 Å². The van der Waals surface area contributed by atoms with E-state index >= 15 is 0 Å².